The molecule has 2 heterocycles. The topological polar surface area (TPSA) is 641 Å². The molecule has 2 aromatic heterocycles. The third-order valence-corrected chi connectivity index (χ3v) is 18.7. The molecule has 12 aromatic rings. The van der Waals surface area contributed by atoms with Gasteiger partial charge in [-0.05, 0) is 167 Å². The molecule has 0 amide bonds. The van der Waals surface area contributed by atoms with Gasteiger partial charge >= 0.3 is 211 Å². The van der Waals surface area contributed by atoms with Gasteiger partial charge in [0.1, 0.15) is 52.0 Å². The van der Waals surface area contributed by atoms with Gasteiger partial charge in [-0.2, -0.15) is 40.1 Å². The first-order chi connectivity index (χ1) is 50.9. The number of carbonyl (C=O) groups is 2. The molecule has 0 aliphatic heterocycles. The van der Waals surface area contributed by atoms with Crippen molar-refractivity contribution in [3.8, 4) is 45.6 Å². The number of aryl methyl sites for hydroxylation is 2. The molecule has 50 heteroatoms. The van der Waals surface area contributed by atoms with E-state index in [1.165, 1.54) is 24.3 Å². The van der Waals surface area contributed by atoms with Crippen LogP contribution < -0.4 is 240 Å². The fourth-order valence-corrected chi connectivity index (χ4v) is 12.9. The molecule has 0 saturated carbocycles. The Balaban J connectivity index is 0.00000354. The second kappa shape index (κ2) is 41.4. The van der Waals surface area contributed by atoms with Crippen LogP contribution in [-0.4, -0.2) is 104 Å². The van der Waals surface area contributed by atoms with Gasteiger partial charge in [-0.3, -0.25) is 0 Å². The van der Waals surface area contributed by atoms with E-state index in [1.54, 1.807) is 62.4 Å². The minimum Gasteiger partial charge on any atom is -0.871 e. The minimum absolute atomic E-state index is 0. The molecule has 2 radical (unpaired) electrons. The second-order valence-corrected chi connectivity index (χ2v) is 28.4. The van der Waals surface area contributed by atoms with Crippen molar-refractivity contribution in [1.29, 1.82) is 0 Å². The molecule has 0 atom stereocenters. The zero-order chi connectivity index (χ0) is 77.6. The number of azo groups is 2. The number of phenols is 2. The summed E-state index contributed by atoms with van der Waals surface area (Å²) in [5.74, 6) is -12.3. The molecule has 568 valence electrons. The molecule has 38 nitrogen and oxygen atoms in total. The molecule has 8 N–H and O–H groups in total. The van der Waals surface area contributed by atoms with Crippen molar-refractivity contribution < 1.29 is 314 Å². The third-order valence-electron chi connectivity index (χ3n) is 15.4. The number of aromatic nitrogens is 6. The van der Waals surface area contributed by atoms with E-state index in [9.17, 15) is 102 Å². The summed E-state index contributed by atoms with van der Waals surface area (Å²) >= 11 is 0. The van der Waals surface area contributed by atoms with Crippen LogP contribution in [0.15, 0.2) is 198 Å². The van der Waals surface area contributed by atoms with E-state index in [2.05, 4.69) is 82.3 Å². The molecular weight excluding hydrogens is 1760 g/mol. The Bertz CT molecular complexity index is 6030. The van der Waals surface area contributed by atoms with Gasteiger partial charge in [0.2, 0.25) is 35.7 Å². The zero-order valence-electron chi connectivity index (χ0n) is 60.8. The zero-order valence-corrected chi connectivity index (χ0v) is 77.9. The van der Waals surface area contributed by atoms with Crippen molar-refractivity contribution in [2.45, 2.75) is 33.4 Å². The molecule has 0 fully saturated rings. The number of carbonyl (C=O) groups excluding carboxylic acids is 2. The second-order valence-electron chi connectivity index (χ2n) is 23.0. The van der Waals surface area contributed by atoms with Gasteiger partial charge in [0.05, 0.1) is 54.3 Å². The Morgan fingerprint density at radius 1 is 0.371 bits per heavy atom. The summed E-state index contributed by atoms with van der Waals surface area (Å²) in [6, 6.07) is 29.3. The Morgan fingerprint density at radius 3 is 0.966 bits per heavy atom. The quantitative estimate of drug-likeness (QED) is 0.0128. The monoisotopic (exact) mass is 1800 g/mol. The molecule has 116 heavy (non-hydrogen) atoms. The third kappa shape index (κ3) is 24.3. The summed E-state index contributed by atoms with van der Waals surface area (Å²) in [6.07, 6.45) is 0. The minimum atomic E-state index is -5.79. The summed E-state index contributed by atoms with van der Waals surface area (Å²) in [7, 11) is -22.6. The molecule has 12 rings (SSSR count). The van der Waals surface area contributed by atoms with E-state index < -0.39 is 185 Å². The van der Waals surface area contributed by atoms with E-state index in [0.29, 0.717) is 47.8 Å². The average molecular weight is 1800 g/mol. The van der Waals surface area contributed by atoms with E-state index in [4.69, 9.17) is 0 Å². The fourth-order valence-electron chi connectivity index (χ4n) is 10.5. The number of carboxylic acids is 2. The SMILES string of the molecule is Cc1cccc(Nc2nc(Nc3ccc(O)c(C(=O)[O-])c3)nc(Nc3cc(S(=O)(=O)[O-])cc4cc(S(=O)(=O)[O-])c(N=Nc5ccc(-c6ccc(N=Nc7c(S(=O)(=O)[O-])cc8cc(S(=O)(=O)[O-])cc(Nc9nc(Nc%10cccc(C)c%10)nc(Nc%10ccc(O)c(C(=O)[O-])c%10)n9)c8c7[O-])c([O-])c6)cc5[O-])c([O-])c34)n2)c1.[Cu+2].[Cu+2].[Na+].[Na+].[Na+].[Na+].[Na+].[Na+]. The molecular formula is C66H40Cu2N16Na6O22S4. The molecule has 0 spiro atoms. The van der Waals surface area contributed by atoms with Crippen LogP contribution in [0.4, 0.5) is 92.6 Å². The largest absolute Gasteiger partial charge is 2.00 e. The first-order valence-corrected chi connectivity index (χ1v) is 35.8. The fraction of sp³-hybridized carbons (Fsp3) is 0.0303. The number of nitrogens with one attached hydrogen (secondary N) is 6. The van der Waals surface area contributed by atoms with Gasteiger partial charge in [-0.1, -0.05) is 71.5 Å². The normalized spacial score (nSPS) is 11.2. The van der Waals surface area contributed by atoms with Crippen LogP contribution in [0.1, 0.15) is 31.8 Å². The maximum Gasteiger partial charge on any atom is 2.00 e. The van der Waals surface area contributed by atoms with Gasteiger partial charge in [-0.15, -0.1) is 10.2 Å². The number of nitrogens with zero attached hydrogens (tertiary/aromatic N) is 10. The first-order valence-electron chi connectivity index (χ1n) is 30.2. The van der Waals surface area contributed by atoms with Gasteiger partial charge < -0.3 is 101 Å². The van der Waals surface area contributed by atoms with Crippen molar-refractivity contribution in [3.05, 3.63) is 180 Å². The van der Waals surface area contributed by atoms with Crippen LogP contribution in [0.5, 0.6) is 34.5 Å². The van der Waals surface area contributed by atoms with Gasteiger partial charge in [0, 0.05) is 45.3 Å². The standard InChI is InChI=1S/C66H50N16O22S4.2Cu.6Na/c1-29-5-3-7-35(17-29)67-61-73-63(69-37-11-15-47(83)41(25-37)59(89)90)77-65(75-61)71-45-27-39(105(93,94)95)19-33-23-51(107(99,100)101)55(57(87)53(33)45)81-79-43-13-9-31(21-49(43)85)32-10-14-44(50(86)22-32)80-82-56-52(108(102,103)104)24-34-20-40(106(96,97)98)28-46(54(34)58(56)88)72-66-76-62(68-36-8-4-6-30(2)18-36)74-64(78-66)70-38-12-16-48(84)42(26-38)60(91)92;;;;;;;;/h3-28,83-88H,1-2H3,(H,89,90)(H,91,92)(H,93,94,95)(H,96,97,98)(H,99,100,101)(H,102,103,104)(H3,67,69,71,73,75,77)(H3,68,70,72,74,76,78);;;;;;;;/q;2*+2;6*+1/p-10. The van der Waals surface area contributed by atoms with Gasteiger partial charge in [-0.25, -0.2) is 33.7 Å². The van der Waals surface area contributed by atoms with E-state index in [1.807, 2.05) is 0 Å². The maximum absolute atomic E-state index is 14.6. The number of aromatic carboxylic acids is 2. The van der Waals surface area contributed by atoms with Crippen LogP contribution >= 0.6 is 0 Å². The Labute approximate surface area is 810 Å². The number of benzene rings is 10. The predicted molar refractivity (Wildman–Crippen MR) is 364 cm³/mol. The molecule has 0 aliphatic carbocycles. The smallest absolute Gasteiger partial charge is 0.871 e. The van der Waals surface area contributed by atoms with Crippen molar-refractivity contribution >= 4 is 167 Å². The van der Waals surface area contributed by atoms with E-state index in [0.717, 1.165) is 59.7 Å². The number of aromatic hydroxyl groups is 2. The molecule has 0 bridgehead atoms. The van der Waals surface area contributed by atoms with Crippen molar-refractivity contribution in [3.63, 3.8) is 0 Å². The average Bonchev–Trinajstić information content (AvgIpc) is 0.749. The Kier molecular flexibility index (Phi) is 36.2. The van der Waals surface area contributed by atoms with Gasteiger partial charge in [0.25, 0.3) is 0 Å². The molecule has 10 aromatic carbocycles. The summed E-state index contributed by atoms with van der Waals surface area (Å²) < 4.78 is 153. The van der Waals surface area contributed by atoms with Crippen LogP contribution in [0.2, 0.25) is 0 Å². The van der Waals surface area contributed by atoms with E-state index in [-0.39, 0.29) is 258 Å². The Hall–Kier alpha value is -6.84. The van der Waals surface area contributed by atoms with Crippen LogP contribution in [0.3, 0.4) is 0 Å². The van der Waals surface area contributed by atoms with Crippen LogP contribution in [0.25, 0.3) is 32.7 Å². The van der Waals surface area contributed by atoms with Crippen molar-refractivity contribution in [2.24, 2.45) is 20.5 Å². The summed E-state index contributed by atoms with van der Waals surface area (Å²) in [4.78, 5) is 44.1. The number of hydrogen-bond acceptors (Lipinski definition) is 38. The van der Waals surface area contributed by atoms with Crippen LogP contribution in [-0.2, 0) is 74.6 Å². The van der Waals surface area contributed by atoms with Crippen molar-refractivity contribution in [1.82, 2.24) is 29.9 Å². The van der Waals surface area contributed by atoms with Crippen molar-refractivity contribution in [2.75, 3.05) is 31.9 Å². The van der Waals surface area contributed by atoms with Gasteiger partial charge in [0.15, 0.2) is 0 Å². The predicted octanol–water partition coefficient (Wildman–Crippen LogP) is -12.0. The molecule has 0 saturated heterocycles. The van der Waals surface area contributed by atoms with E-state index >= 15 is 0 Å². The summed E-state index contributed by atoms with van der Waals surface area (Å²) in [6.45, 7) is 3.53. The summed E-state index contributed by atoms with van der Waals surface area (Å²) in [5, 5.41) is 129. The number of rotatable bonds is 23. The number of anilines is 12. The number of carboxylic acid groups (broad SMARTS) is 2. The maximum atomic E-state index is 14.6. The summed E-state index contributed by atoms with van der Waals surface area (Å²) in [5.41, 5.74) is -4.16. The molecule has 0 aliphatic rings. The molecule has 0 unspecified atom stereocenters. The Morgan fingerprint density at radius 2 is 0.681 bits per heavy atom. The van der Waals surface area contributed by atoms with Crippen LogP contribution in [0, 0.1) is 13.8 Å². The first kappa shape index (κ1) is 102. The number of fused-ring (bicyclic) bond motifs is 2. The number of hydrogen-bond donors (Lipinski definition) is 8.